The van der Waals surface area contributed by atoms with Gasteiger partial charge in [0.15, 0.2) is 0 Å². The monoisotopic (exact) mass is 532 g/mol. The molecule has 190 valence electrons. The molecule has 4 aromatic rings. The molecule has 0 bridgehead atoms. The van der Waals surface area contributed by atoms with E-state index in [1.807, 2.05) is 0 Å². The zero-order valence-electron chi connectivity index (χ0n) is 20.1. The molecule has 4 aromatic carbocycles. The van der Waals surface area contributed by atoms with E-state index in [1.165, 1.54) is 27.3 Å². The molecule has 3 nitrogen and oxygen atoms in total. The molecular weight excluding hydrogens is 504 g/mol. The fourth-order valence-corrected chi connectivity index (χ4v) is 4.76. The van der Waals surface area contributed by atoms with Crippen LogP contribution in [-0.2, 0) is 16.3 Å². The highest BCUT2D eigenvalue weighted by molar-refractivity contribution is 7.85. The average Bonchev–Trinajstić information content (AvgIpc) is 2.79. The van der Waals surface area contributed by atoms with Crippen LogP contribution in [0.25, 0.3) is 0 Å². The number of aryl methyl sites for hydroxylation is 3. The van der Waals surface area contributed by atoms with Crippen molar-refractivity contribution in [2.75, 3.05) is 0 Å². The van der Waals surface area contributed by atoms with Crippen LogP contribution in [-0.4, -0.2) is 13.0 Å². The maximum atomic E-state index is 12.0. The molecule has 36 heavy (non-hydrogen) atoms. The van der Waals surface area contributed by atoms with Gasteiger partial charge in [-0.3, -0.25) is 4.55 Å². The number of rotatable bonds is 3. The first-order chi connectivity index (χ1) is 16.8. The Hall–Kier alpha value is -2.99. The van der Waals surface area contributed by atoms with Crippen LogP contribution in [0.3, 0.4) is 0 Å². The molecule has 0 fully saturated rings. The third-order valence-electron chi connectivity index (χ3n) is 4.68. The van der Waals surface area contributed by atoms with Crippen molar-refractivity contribution < 1.29 is 26.1 Å². The lowest BCUT2D eigenvalue weighted by Crippen LogP contribution is -2.05. The van der Waals surface area contributed by atoms with Gasteiger partial charge in [0.25, 0.3) is 10.1 Å². The standard InChI is InChI=1S/C12H11P.C9H12.C7H5F3O3S/c1-3-7-11(8-4-1)13-12-9-5-2-6-10-12;1-7-4-8(2)6-9(3)5-7;8-7(9,10)5-1-3-6(4-2-5)14(11,12)13/h1-10,13H;4-6H,1-3H3;1-4H,(H,11,12,13). The van der Waals surface area contributed by atoms with Gasteiger partial charge < -0.3 is 0 Å². The lowest BCUT2D eigenvalue weighted by Gasteiger charge is -2.05. The zero-order valence-corrected chi connectivity index (χ0v) is 21.9. The van der Waals surface area contributed by atoms with Crippen molar-refractivity contribution in [3.05, 3.63) is 125 Å². The van der Waals surface area contributed by atoms with Gasteiger partial charge in [-0.05, 0) is 55.6 Å². The maximum Gasteiger partial charge on any atom is 0.416 e. The minimum atomic E-state index is -4.52. The normalized spacial score (nSPS) is 11.0. The molecule has 0 saturated heterocycles. The maximum absolute atomic E-state index is 12.0. The van der Waals surface area contributed by atoms with Gasteiger partial charge in [0.1, 0.15) is 0 Å². The Bertz CT molecular complexity index is 1240. The number of alkyl halides is 3. The Morgan fingerprint density at radius 3 is 1.31 bits per heavy atom. The molecule has 0 heterocycles. The number of halogens is 3. The first-order valence-corrected chi connectivity index (χ1v) is 13.4. The molecular formula is C28H28F3O3PS. The minimum Gasteiger partial charge on any atom is -0.282 e. The first-order valence-electron chi connectivity index (χ1n) is 10.9. The summed E-state index contributed by atoms with van der Waals surface area (Å²) in [7, 11) is -3.66. The van der Waals surface area contributed by atoms with E-state index in [0.717, 1.165) is 8.58 Å². The van der Waals surface area contributed by atoms with Crippen LogP contribution < -0.4 is 10.6 Å². The third kappa shape index (κ3) is 10.7. The van der Waals surface area contributed by atoms with E-state index in [9.17, 15) is 21.6 Å². The van der Waals surface area contributed by atoms with Crippen molar-refractivity contribution >= 4 is 29.3 Å². The van der Waals surface area contributed by atoms with Crippen molar-refractivity contribution in [3.63, 3.8) is 0 Å². The summed E-state index contributed by atoms with van der Waals surface area (Å²) in [4.78, 5) is -0.564. The van der Waals surface area contributed by atoms with Gasteiger partial charge in [0.2, 0.25) is 0 Å². The lowest BCUT2D eigenvalue weighted by atomic mass is 10.1. The molecule has 1 N–H and O–H groups in total. The van der Waals surface area contributed by atoms with E-state index in [2.05, 4.69) is 99.6 Å². The number of benzene rings is 4. The Kier molecular flexibility index (Phi) is 10.8. The fraction of sp³-hybridized carbons (Fsp3) is 0.143. The van der Waals surface area contributed by atoms with Crippen LogP contribution in [0.2, 0.25) is 0 Å². The van der Waals surface area contributed by atoms with Gasteiger partial charge in [0, 0.05) is 0 Å². The summed E-state index contributed by atoms with van der Waals surface area (Å²) in [6, 6.07) is 30.3. The summed E-state index contributed by atoms with van der Waals surface area (Å²) in [5, 5.41) is 2.79. The van der Waals surface area contributed by atoms with E-state index < -0.39 is 26.8 Å². The average molecular weight is 533 g/mol. The summed E-state index contributed by atoms with van der Waals surface area (Å²) in [6.07, 6.45) is -4.52. The Morgan fingerprint density at radius 1 is 0.639 bits per heavy atom. The summed E-state index contributed by atoms with van der Waals surface area (Å²) < 4.78 is 65.4. The van der Waals surface area contributed by atoms with E-state index in [0.29, 0.717) is 24.3 Å². The van der Waals surface area contributed by atoms with Gasteiger partial charge in [-0.2, -0.15) is 21.6 Å². The Labute approximate surface area is 212 Å². The van der Waals surface area contributed by atoms with Crippen LogP contribution >= 0.6 is 8.58 Å². The highest BCUT2D eigenvalue weighted by atomic mass is 32.2. The summed E-state index contributed by atoms with van der Waals surface area (Å²) in [6.45, 7) is 6.38. The van der Waals surface area contributed by atoms with Gasteiger partial charge in [-0.25, -0.2) is 0 Å². The van der Waals surface area contributed by atoms with E-state index in [1.54, 1.807) is 0 Å². The number of hydrogen-bond donors (Lipinski definition) is 1. The predicted octanol–water partition coefficient (Wildman–Crippen LogP) is 6.88. The molecule has 0 unspecified atom stereocenters. The fourth-order valence-electron chi connectivity index (χ4n) is 3.23. The summed E-state index contributed by atoms with van der Waals surface area (Å²) in [5.41, 5.74) is 3.09. The predicted molar refractivity (Wildman–Crippen MR) is 142 cm³/mol. The van der Waals surface area contributed by atoms with E-state index in [4.69, 9.17) is 4.55 Å². The molecule has 0 aromatic heterocycles. The summed E-state index contributed by atoms with van der Waals surface area (Å²) >= 11 is 0. The van der Waals surface area contributed by atoms with Crippen LogP contribution in [0.1, 0.15) is 22.3 Å². The van der Waals surface area contributed by atoms with Crippen molar-refractivity contribution in [3.8, 4) is 0 Å². The molecule has 0 amide bonds. The Balaban J connectivity index is 0.000000195. The highest BCUT2D eigenvalue weighted by Gasteiger charge is 2.30. The lowest BCUT2D eigenvalue weighted by molar-refractivity contribution is -0.137. The molecule has 0 aliphatic carbocycles. The molecule has 4 rings (SSSR count). The second-order valence-corrected chi connectivity index (χ2v) is 10.8. The van der Waals surface area contributed by atoms with E-state index >= 15 is 0 Å². The molecule has 8 heteroatoms. The van der Waals surface area contributed by atoms with Crippen LogP contribution in [0.5, 0.6) is 0 Å². The van der Waals surface area contributed by atoms with Crippen molar-refractivity contribution in [1.29, 1.82) is 0 Å². The second kappa shape index (κ2) is 13.4. The smallest absolute Gasteiger partial charge is 0.282 e. The van der Waals surface area contributed by atoms with Crippen molar-refractivity contribution in [1.82, 2.24) is 0 Å². The zero-order chi connectivity index (χ0) is 26.8. The SMILES string of the molecule is Cc1cc(C)cc(C)c1.O=S(=O)(O)c1ccc(C(F)(F)F)cc1.c1ccc(Pc2ccccc2)cc1. The summed E-state index contributed by atoms with van der Waals surface area (Å²) in [5.74, 6) is 0. The van der Waals surface area contributed by atoms with Crippen molar-refractivity contribution in [2.45, 2.75) is 31.8 Å². The molecule has 0 radical (unpaired) electrons. The van der Waals surface area contributed by atoms with Crippen molar-refractivity contribution in [2.24, 2.45) is 0 Å². The van der Waals surface area contributed by atoms with E-state index in [-0.39, 0.29) is 0 Å². The van der Waals surface area contributed by atoms with Crippen LogP contribution in [0.15, 0.2) is 108 Å². The second-order valence-electron chi connectivity index (χ2n) is 8.02. The van der Waals surface area contributed by atoms with Gasteiger partial charge in [-0.1, -0.05) is 104 Å². The minimum absolute atomic E-state index is 0.564. The molecule has 0 aliphatic heterocycles. The quantitative estimate of drug-likeness (QED) is 0.231. The molecule has 0 spiro atoms. The van der Waals surface area contributed by atoms with Crippen LogP contribution in [0, 0.1) is 20.8 Å². The largest absolute Gasteiger partial charge is 0.416 e. The van der Waals surface area contributed by atoms with Crippen LogP contribution in [0.4, 0.5) is 13.2 Å². The molecule has 0 aliphatic rings. The topological polar surface area (TPSA) is 54.4 Å². The van der Waals surface area contributed by atoms with Gasteiger partial charge in [0.05, 0.1) is 10.5 Å². The van der Waals surface area contributed by atoms with Gasteiger partial charge in [-0.15, -0.1) is 0 Å². The third-order valence-corrected chi connectivity index (χ3v) is 6.79. The molecule has 0 saturated carbocycles. The molecule has 0 atom stereocenters. The highest BCUT2D eigenvalue weighted by Crippen LogP contribution is 2.29. The first kappa shape index (κ1) is 29.2. The van der Waals surface area contributed by atoms with Gasteiger partial charge >= 0.3 is 6.18 Å². The number of hydrogen-bond acceptors (Lipinski definition) is 2. The Morgan fingerprint density at radius 2 is 1.00 bits per heavy atom.